The minimum atomic E-state index is -1.04. The highest BCUT2D eigenvalue weighted by Crippen LogP contribution is 2.21. The Bertz CT molecular complexity index is 350. The minimum absolute atomic E-state index is 0.0487. The number of esters is 1. The minimum Gasteiger partial charge on any atom is -0.427 e. The zero-order chi connectivity index (χ0) is 12.1. The highest BCUT2D eigenvalue weighted by atomic mass is 35.5. The average Bonchev–Trinajstić information content (AvgIpc) is 2.27. The maximum absolute atomic E-state index is 10.7. The summed E-state index contributed by atoms with van der Waals surface area (Å²) in [6, 6.07) is 6.22. The van der Waals surface area contributed by atoms with Crippen LogP contribution in [0.4, 0.5) is 0 Å². The van der Waals surface area contributed by atoms with Crippen LogP contribution in [0.15, 0.2) is 24.3 Å². The van der Waals surface area contributed by atoms with Gasteiger partial charge >= 0.3 is 5.97 Å². The molecule has 0 fully saturated rings. The topological polar surface area (TPSA) is 66.8 Å². The van der Waals surface area contributed by atoms with E-state index in [-0.39, 0.29) is 5.88 Å². The van der Waals surface area contributed by atoms with Crippen LogP contribution in [0.2, 0.25) is 0 Å². The third-order valence-corrected chi connectivity index (χ3v) is 2.32. The molecular formula is C11H13ClO4. The van der Waals surface area contributed by atoms with E-state index < -0.39 is 18.2 Å². The van der Waals surface area contributed by atoms with E-state index in [1.54, 1.807) is 24.3 Å². The molecular weight excluding hydrogens is 232 g/mol. The first-order chi connectivity index (χ1) is 7.54. The molecule has 1 aromatic rings. The number of alkyl halides is 1. The van der Waals surface area contributed by atoms with Crippen molar-refractivity contribution >= 4 is 17.6 Å². The van der Waals surface area contributed by atoms with Gasteiger partial charge in [-0.25, -0.2) is 0 Å². The molecule has 5 heteroatoms. The van der Waals surface area contributed by atoms with Gasteiger partial charge in [0.2, 0.25) is 0 Å². The number of ether oxygens (including phenoxy) is 1. The third kappa shape index (κ3) is 3.48. The average molecular weight is 245 g/mol. The number of carbonyl (C=O) groups is 1. The lowest BCUT2D eigenvalue weighted by molar-refractivity contribution is -0.131. The molecule has 2 N–H and O–H groups in total. The summed E-state index contributed by atoms with van der Waals surface area (Å²) in [7, 11) is 0. The molecule has 0 saturated carbocycles. The Morgan fingerprint density at radius 1 is 1.38 bits per heavy atom. The molecule has 0 aromatic heterocycles. The Morgan fingerprint density at radius 2 is 1.94 bits per heavy atom. The Labute approximate surface area is 98.4 Å². The molecule has 0 aliphatic rings. The van der Waals surface area contributed by atoms with Crippen molar-refractivity contribution in [3.8, 4) is 5.75 Å². The fourth-order valence-electron chi connectivity index (χ4n) is 1.21. The monoisotopic (exact) mass is 244 g/mol. The van der Waals surface area contributed by atoms with Crippen LogP contribution in [0.1, 0.15) is 18.6 Å². The molecule has 0 aliphatic heterocycles. The second-order valence-corrected chi connectivity index (χ2v) is 3.64. The van der Waals surface area contributed by atoms with Gasteiger partial charge in [0.25, 0.3) is 0 Å². The molecule has 0 amide bonds. The van der Waals surface area contributed by atoms with Gasteiger partial charge in [0.15, 0.2) is 0 Å². The molecule has 0 spiro atoms. The Balaban J connectivity index is 2.74. The van der Waals surface area contributed by atoms with Crippen LogP contribution in [-0.2, 0) is 4.79 Å². The van der Waals surface area contributed by atoms with Crippen molar-refractivity contribution in [2.75, 3.05) is 5.88 Å². The van der Waals surface area contributed by atoms with E-state index in [9.17, 15) is 15.0 Å². The van der Waals surface area contributed by atoms with Gasteiger partial charge in [0.1, 0.15) is 11.9 Å². The molecule has 4 nitrogen and oxygen atoms in total. The summed E-state index contributed by atoms with van der Waals surface area (Å²) in [4.78, 5) is 10.7. The van der Waals surface area contributed by atoms with Crippen molar-refractivity contribution in [2.24, 2.45) is 0 Å². The lowest BCUT2D eigenvalue weighted by Crippen LogP contribution is -2.19. The van der Waals surface area contributed by atoms with Gasteiger partial charge in [-0.3, -0.25) is 4.79 Å². The van der Waals surface area contributed by atoms with Crippen molar-refractivity contribution in [2.45, 2.75) is 19.1 Å². The molecule has 1 rings (SSSR count). The predicted molar refractivity (Wildman–Crippen MR) is 59.4 cm³/mol. The van der Waals surface area contributed by atoms with Crippen LogP contribution in [0.3, 0.4) is 0 Å². The zero-order valence-corrected chi connectivity index (χ0v) is 9.52. The van der Waals surface area contributed by atoms with Gasteiger partial charge in [0.05, 0.1) is 12.0 Å². The molecule has 0 heterocycles. The Morgan fingerprint density at radius 3 is 2.38 bits per heavy atom. The summed E-state index contributed by atoms with van der Waals surface area (Å²) in [6.45, 7) is 1.31. The fourth-order valence-corrected chi connectivity index (χ4v) is 1.37. The summed E-state index contributed by atoms with van der Waals surface area (Å²) >= 11 is 5.42. The van der Waals surface area contributed by atoms with Gasteiger partial charge in [0, 0.05) is 6.92 Å². The SMILES string of the molecule is CC(=O)Oc1ccc(C(O)C(O)CCl)cc1. The van der Waals surface area contributed by atoms with E-state index in [4.69, 9.17) is 16.3 Å². The first-order valence-corrected chi connectivity index (χ1v) is 5.28. The van der Waals surface area contributed by atoms with Gasteiger partial charge in [-0.1, -0.05) is 12.1 Å². The number of rotatable bonds is 4. The number of benzene rings is 1. The van der Waals surface area contributed by atoms with Crippen LogP contribution in [-0.4, -0.2) is 28.2 Å². The van der Waals surface area contributed by atoms with Crippen molar-refractivity contribution in [1.82, 2.24) is 0 Å². The highest BCUT2D eigenvalue weighted by molar-refractivity contribution is 6.18. The van der Waals surface area contributed by atoms with Crippen LogP contribution < -0.4 is 4.74 Å². The lowest BCUT2D eigenvalue weighted by Gasteiger charge is -2.15. The second-order valence-electron chi connectivity index (χ2n) is 3.33. The Hall–Kier alpha value is -1.10. The van der Waals surface area contributed by atoms with E-state index >= 15 is 0 Å². The normalized spacial score (nSPS) is 14.2. The quantitative estimate of drug-likeness (QED) is 0.475. The Kier molecular flexibility index (Phi) is 4.73. The summed E-state index contributed by atoms with van der Waals surface area (Å²) in [5, 5.41) is 18.9. The van der Waals surface area contributed by atoms with E-state index in [2.05, 4.69) is 0 Å². The van der Waals surface area contributed by atoms with E-state index in [1.165, 1.54) is 6.92 Å². The number of aliphatic hydroxyl groups excluding tert-OH is 2. The maximum atomic E-state index is 10.7. The highest BCUT2D eigenvalue weighted by Gasteiger charge is 2.17. The van der Waals surface area contributed by atoms with Crippen LogP contribution in [0.25, 0.3) is 0 Å². The van der Waals surface area contributed by atoms with Crippen molar-refractivity contribution < 1.29 is 19.7 Å². The molecule has 0 aliphatic carbocycles. The van der Waals surface area contributed by atoms with Crippen molar-refractivity contribution in [1.29, 1.82) is 0 Å². The number of aliphatic hydroxyl groups is 2. The van der Waals surface area contributed by atoms with E-state index in [0.29, 0.717) is 11.3 Å². The molecule has 0 radical (unpaired) electrons. The van der Waals surface area contributed by atoms with E-state index in [1.807, 2.05) is 0 Å². The van der Waals surface area contributed by atoms with Gasteiger partial charge in [-0.2, -0.15) is 0 Å². The van der Waals surface area contributed by atoms with Crippen molar-refractivity contribution in [3.63, 3.8) is 0 Å². The fraction of sp³-hybridized carbons (Fsp3) is 0.364. The number of hydrogen-bond donors (Lipinski definition) is 2. The largest absolute Gasteiger partial charge is 0.427 e. The molecule has 88 valence electrons. The first-order valence-electron chi connectivity index (χ1n) is 4.75. The predicted octanol–water partition coefficient (Wildman–Crippen LogP) is 1.25. The van der Waals surface area contributed by atoms with E-state index in [0.717, 1.165) is 0 Å². The summed E-state index contributed by atoms with van der Waals surface area (Å²) in [5.74, 6) is -0.0646. The maximum Gasteiger partial charge on any atom is 0.308 e. The standard InChI is InChI=1S/C11H13ClO4/c1-7(13)16-9-4-2-8(3-5-9)11(15)10(14)6-12/h2-5,10-11,14-15H,6H2,1H3. The van der Waals surface area contributed by atoms with Crippen molar-refractivity contribution in [3.05, 3.63) is 29.8 Å². The summed E-state index contributed by atoms with van der Waals surface area (Å²) in [5.41, 5.74) is 0.518. The molecule has 0 saturated heterocycles. The van der Waals surface area contributed by atoms with Crippen LogP contribution in [0, 0.1) is 0 Å². The second kappa shape index (κ2) is 5.84. The van der Waals surface area contributed by atoms with Crippen LogP contribution >= 0.6 is 11.6 Å². The van der Waals surface area contributed by atoms with Crippen LogP contribution in [0.5, 0.6) is 5.75 Å². The van der Waals surface area contributed by atoms with Gasteiger partial charge < -0.3 is 14.9 Å². The number of halogens is 1. The number of carbonyl (C=O) groups excluding carboxylic acids is 1. The first kappa shape index (κ1) is 13.0. The molecule has 2 atom stereocenters. The molecule has 2 unspecified atom stereocenters. The molecule has 0 bridgehead atoms. The van der Waals surface area contributed by atoms with Gasteiger partial charge in [-0.05, 0) is 17.7 Å². The van der Waals surface area contributed by atoms with Gasteiger partial charge in [-0.15, -0.1) is 11.6 Å². The zero-order valence-electron chi connectivity index (χ0n) is 8.76. The summed E-state index contributed by atoms with van der Waals surface area (Å²) < 4.78 is 4.83. The summed E-state index contributed by atoms with van der Waals surface area (Å²) in [6.07, 6.45) is -2.05. The molecule has 1 aromatic carbocycles. The third-order valence-electron chi connectivity index (χ3n) is 2.01. The smallest absolute Gasteiger partial charge is 0.308 e. The lowest BCUT2D eigenvalue weighted by atomic mass is 10.1. The molecule has 16 heavy (non-hydrogen) atoms. The number of hydrogen-bond acceptors (Lipinski definition) is 4.